The molecule has 2 atom stereocenters. The molecule has 1 aliphatic heterocycles. The van der Waals surface area contributed by atoms with E-state index in [9.17, 15) is 31.1 Å². The number of hydrogen-bond donors (Lipinski definition) is 2. The molecular formula is C24H27F6N3O3. The molecule has 198 valence electrons. The van der Waals surface area contributed by atoms with Crippen molar-refractivity contribution in [1.29, 1.82) is 0 Å². The number of benzene rings is 2. The number of rotatable bonds is 9. The molecule has 6 nitrogen and oxygen atoms in total. The van der Waals surface area contributed by atoms with Gasteiger partial charge in [-0.3, -0.25) is 9.69 Å². The van der Waals surface area contributed by atoms with Crippen molar-refractivity contribution >= 4 is 5.91 Å². The van der Waals surface area contributed by atoms with Crippen LogP contribution in [0, 0.1) is 0 Å². The van der Waals surface area contributed by atoms with Crippen molar-refractivity contribution in [3.63, 3.8) is 0 Å². The minimum absolute atomic E-state index is 0.00483. The maximum absolute atomic E-state index is 13.2. The van der Waals surface area contributed by atoms with Gasteiger partial charge in [-0.1, -0.05) is 30.3 Å². The molecule has 1 fully saturated rings. The van der Waals surface area contributed by atoms with Gasteiger partial charge in [-0.2, -0.15) is 26.3 Å². The lowest BCUT2D eigenvalue weighted by Gasteiger charge is -2.40. The quantitative estimate of drug-likeness (QED) is 0.385. The largest absolute Gasteiger partial charge is 0.416 e. The molecule has 0 spiro atoms. The Morgan fingerprint density at radius 2 is 1.69 bits per heavy atom. The van der Waals surface area contributed by atoms with Crippen LogP contribution in [0.25, 0.3) is 0 Å². The highest BCUT2D eigenvalue weighted by Crippen LogP contribution is 2.37. The lowest BCUT2D eigenvalue weighted by molar-refractivity contribution is -0.216. The van der Waals surface area contributed by atoms with Crippen molar-refractivity contribution in [2.75, 3.05) is 32.8 Å². The van der Waals surface area contributed by atoms with E-state index < -0.39 is 42.4 Å². The van der Waals surface area contributed by atoms with Gasteiger partial charge in [0, 0.05) is 13.1 Å². The SMILES string of the molecule is NCCCNC(=O)CN1CCO[C@H](OCc2cc(C(F)(F)F)cc(C(F)(F)F)c2)[C@@H]1c1ccccc1. The zero-order valence-electron chi connectivity index (χ0n) is 19.2. The molecule has 0 unspecified atom stereocenters. The van der Waals surface area contributed by atoms with Gasteiger partial charge < -0.3 is 20.5 Å². The summed E-state index contributed by atoms with van der Waals surface area (Å²) in [6.07, 6.45) is -10.3. The van der Waals surface area contributed by atoms with Crippen molar-refractivity contribution in [2.24, 2.45) is 5.73 Å². The maximum atomic E-state index is 13.2. The molecule has 0 bridgehead atoms. The molecule has 1 heterocycles. The third-order valence-corrected chi connectivity index (χ3v) is 5.56. The summed E-state index contributed by atoms with van der Waals surface area (Å²) in [6, 6.07) is 9.57. The van der Waals surface area contributed by atoms with Crippen LogP contribution in [-0.2, 0) is 33.2 Å². The van der Waals surface area contributed by atoms with Crippen molar-refractivity contribution in [3.05, 3.63) is 70.8 Å². The number of carbonyl (C=O) groups is 1. The fourth-order valence-corrected chi connectivity index (χ4v) is 3.87. The zero-order chi connectivity index (χ0) is 26.3. The van der Waals surface area contributed by atoms with Gasteiger partial charge in [0.15, 0.2) is 6.29 Å². The minimum atomic E-state index is -4.96. The number of halogens is 6. The Labute approximate surface area is 204 Å². The van der Waals surface area contributed by atoms with E-state index in [-0.39, 0.29) is 30.7 Å². The van der Waals surface area contributed by atoms with Crippen LogP contribution in [0.2, 0.25) is 0 Å². The molecule has 0 aromatic heterocycles. The van der Waals surface area contributed by atoms with Crippen LogP contribution >= 0.6 is 0 Å². The molecular weight excluding hydrogens is 492 g/mol. The zero-order valence-corrected chi connectivity index (χ0v) is 19.2. The van der Waals surface area contributed by atoms with Gasteiger partial charge in [-0.05, 0) is 42.3 Å². The Balaban J connectivity index is 1.82. The molecule has 12 heteroatoms. The predicted molar refractivity (Wildman–Crippen MR) is 118 cm³/mol. The number of nitrogens with two attached hydrogens (primary N) is 1. The number of nitrogens with zero attached hydrogens (tertiary/aromatic N) is 1. The van der Waals surface area contributed by atoms with Gasteiger partial charge in [0.2, 0.25) is 5.91 Å². The van der Waals surface area contributed by atoms with Crippen LogP contribution in [0.5, 0.6) is 0 Å². The summed E-state index contributed by atoms with van der Waals surface area (Å²) in [6.45, 7) is 0.789. The third-order valence-electron chi connectivity index (χ3n) is 5.56. The lowest BCUT2D eigenvalue weighted by Crippen LogP contribution is -2.50. The number of hydrogen-bond acceptors (Lipinski definition) is 5. The highest BCUT2D eigenvalue weighted by Gasteiger charge is 2.38. The molecule has 1 aliphatic rings. The second kappa shape index (κ2) is 12.0. The smallest absolute Gasteiger partial charge is 0.355 e. The standard InChI is InChI=1S/C24H27F6N3O3/c25-23(26,27)18-11-16(12-19(13-18)24(28,29)30)15-36-22-21(17-5-2-1-3-6-17)33(9-10-35-22)14-20(34)32-8-4-7-31/h1-3,5-6,11-13,21-22H,4,7-10,14-15,31H2,(H,32,34)/t21-,22+/m0/s1. The first-order valence-corrected chi connectivity index (χ1v) is 11.3. The van der Waals surface area contributed by atoms with Crippen LogP contribution in [0.4, 0.5) is 26.3 Å². The average Bonchev–Trinajstić information content (AvgIpc) is 2.82. The first-order chi connectivity index (χ1) is 17.0. The molecule has 2 aromatic rings. The monoisotopic (exact) mass is 519 g/mol. The van der Waals surface area contributed by atoms with Gasteiger partial charge >= 0.3 is 12.4 Å². The summed E-state index contributed by atoms with van der Waals surface area (Å²) in [5, 5.41) is 2.76. The summed E-state index contributed by atoms with van der Waals surface area (Å²) < 4.78 is 90.7. The summed E-state index contributed by atoms with van der Waals surface area (Å²) in [5.41, 5.74) is 3.02. The van der Waals surface area contributed by atoms with Gasteiger partial charge in [-0.15, -0.1) is 0 Å². The van der Waals surface area contributed by atoms with E-state index in [1.807, 2.05) is 0 Å². The Bertz CT molecular complexity index is 969. The fraction of sp³-hybridized carbons (Fsp3) is 0.458. The summed E-state index contributed by atoms with van der Waals surface area (Å²) in [4.78, 5) is 14.2. The molecule has 3 rings (SSSR count). The van der Waals surface area contributed by atoms with Gasteiger partial charge in [0.25, 0.3) is 0 Å². The molecule has 0 aliphatic carbocycles. The summed E-state index contributed by atoms with van der Waals surface area (Å²) in [7, 11) is 0. The molecule has 2 aromatic carbocycles. The molecule has 1 amide bonds. The highest BCUT2D eigenvalue weighted by molar-refractivity contribution is 5.78. The Hall–Kier alpha value is -2.67. The Morgan fingerprint density at radius 1 is 1.06 bits per heavy atom. The molecule has 0 radical (unpaired) electrons. The second-order valence-corrected chi connectivity index (χ2v) is 8.28. The second-order valence-electron chi connectivity index (χ2n) is 8.28. The predicted octanol–water partition coefficient (Wildman–Crippen LogP) is 4.11. The number of nitrogens with one attached hydrogen (secondary N) is 1. The molecule has 3 N–H and O–H groups in total. The van der Waals surface area contributed by atoms with E-state index in [0.717, 1.165) is 5.56 Å². The minimum Gasteiger partial charge on any atom is -0.355 e. The molecule has 1 saturated heterocycles. The van der Waals surface area contributed by atoms with E-state index in [1.165, 1.54) is 0 Å². The van der Waals surface area contributed by atoms with E-state index >= 15 is 0 Å². The number of morpholine rings is 1. The van der Waals surface area contributed by atoms with Crippen LogP contribution < -0.4 is 11.1 Å². The summed E-state index contributed by atoms with van der Waals surface area (Å²) >= 11 is 0. The van der Waals surface area contributed by atoms with Gasteiger partial charge in [0.1, 0.15) is 0 Å². The first kappa shape index (κ1) is 27.9. The van der Waals surface area contributed by atoms with Crippen LogP contribution in [0.15, 0.2) is 48.5 Å². The number of alkyl halides is 6. The van der Waals surface area contributed by atoms with Crippen molar-refractivity contribution in [1.82, 2.24) is 10.2 Å². The van der Waals surface area contributed by atoms with Gasteiger partial charge in [-0.25, -0.2) is 0 Å². The maximum Gasteiger partial charge on any atom is 0.416 e. The number of carbonyl (C=O) groups excluding carboxylic acids is 1. The normalized spacial score (nSPS) is 19.3. The van der Waals surface area contributed by atoms with E-state index in [0.29, 0.717) is 38.2 Å². The Kier molecular flexibility index (Phi) is 9.34. The van der Waals surface area contributed by atoms with Crippen LogP contribution in [-0.4, -0.2) is 49.9 Å². The topological polar surface area (TPSA) is 76.8 Å². The van der Waals surface area contributed by atoms with Crippen molar-refractivity contribution < 1.29 is 40.6 Å². The van der Waals surface area contributed by atoms with Crippen molar-refractivity contribution in [3.8, 4) is 0 Å². The summed E-state index contributed by atoms with van der Waals surface area (Å²) in [5.74, 6) is -0.252. The van der Waals surface area contributed by atoms with Crippen LogP contribution in [0.3, 0.4) is 0 Å². The third kappa shape index (κ3) is 7.66. The number of amides is 1. The Morgan fingerprint density at radius 3 is 2.28 bits per heavy atom. The molecule has 36 heavy (non-hydrogen) atoms. The number of ether oxygens (including phenoxy) is 2. The van der Waals surface area contributed by atoms with E-state index in [2.05, 4.69) is 5.32 Å². The van der Waals surface area contributed by atoms with E-state index in [4.69, 9.17) is 15.2 Å². The molecule has 0 saturated carbocycles. The lowest BCUT2D eigenvalue weighted by atomic mass is 10.0. The highest BCUT2D eigenvalue weighted by atomic mass is 19.4. The first-order valence-electron chi connectivity index (χ1n) is 11.3. The van der Waals surface area contributed by atoms with Crippen molar-refractivity contribution in [2.45, 2.75) is 37.7 Å². The average molecular weight is 519 g/mol. The van der Waals surface area contributed by atoms with E-state index in [1.54, 1.807) is 35.2 Å². The fourth-order valence-electron chi connectivity index (χ4n) is 3.87. The van der Waals surface area contributed by atoms with Gasteiger partial charge in [0.05, 0.1) is 36.9 Å². The van der Waals surface area contributed by atoms with Crippen LogP contribution in [0.1, 0.15) is 34.7 Å².